The minimum Gasteiger partial charge on any atom is -0.382 e. The van der Waals surface area contributed by atoms with Gasteiger partial charge in [0, 0.05) is 11.6 Å². The summed E-state index contributed by atoms with van der Waals surface area (Å²) in [6, 6.07) is 6.99. The van der Waals surface area contributed by atoms with Crippen molar-refractivity contribution in [3.05, 3.63) is 28.8 Å². The predicted molar refractivity (Wildman–Crippen MR) is 64.7 cm³/mol. The molecule has 0 aromatic heterocycles. The SMILES string of the molecule is N#Cc1ccc(Cl)cc1NCCOCC(N)=O. The van der Waals surface area contributed by atoms with Crippen molar-refractivity contribution < 1.29 is 9.53 Å². The molecule has 90 valence electrons. The van der Waals surface area contributed by atoms with Gasteiger partial charge in [-0.05, 0) is 18.2 Å². The molecule has 0 atom stereocenters. The van der Waals surface area contributed by atoms with Crippen molar-refractivity contribution in [2.24, 2.45) is 5.73 Å². The number of halogens is 1. The lowest BCUT2D eigenvalue weighted by Crippen LogP contribution is -2.20. The Morgan fingerprint density at radius 3 is 3.00 bits per heavy atom. The van der Waals surface area contributed by atoms with Crippen LogP contribution in [0.15, 0.2) is 18.2 Å². The topological polar surface area (TPSA) is 88.1 Å². The maximum absolute atomic E-state index is 10.4. The van der Waals surface area contributed by atoms with Crippen molar-refractivity contribution in [1.82, 2.24) is 0 Å². The molecule has 1 rings (SSSR count). The molecule has 0 saturated carbocycles. The lowest BCUT2D eigenvalue weighted by molar-refractivity contribution is -0.122. The van der Waals surface area contributed by atoms with E-state index in [9.17, 15) is 4.79 Å². The van der Waals surface area contributed by atoms with Gasteiger partial charge < -0.3 is 15.8 Å². The number of benzene rings is 1. The van der Waals surface area contributed by atoms with Gasteiger partial charge >= 0.3 is 0 Å². The van der Waals surface area contributed by atoms with Gasteiger partial charge in [-0.25, -0.2) is 0 Å². The fraction of sp³-hybridized carbons (Fsp3) is 0.273. The molecule has 3 N–H and O–H groups in total. The number of ether oxygens (including phenoxy) is 1. The molecule has 0 fully saturated rings. The zero-order chi connectivity index (χ0) is 12.7. The zero-order valence-corrected chi connectivity index (χ0v) is 9.83. The Bertz CT molecular complexity index is 443. The maximum atomic E-state index is 10.4. The van der Waals surface area contributed by atoms with Crippen molar-refractivity contribution in [2.75, 3.05) is 25.1 Å². The Morgan fingerprint density at radius 2 is 2.35 bits per heavy atom. The smallest absolute Gasteiger partial charge is 0.243 e. The summed E-state index contributed by atoms with van der Waals surface area (Å²) in [5.74, 6) is -0.509. The summed E-state index contributed by atoms with van der Waals surface area (Å²) in [6.45, 7) is 0.672. The molecule has 0 saturated heterocycles. The second-order valence-electron chi connectivity index (χ2n) is 3.25. The van der Waals surface area contributed by atoms with Crippen molar-refractivity contribution in [3.8, 4) is 6.07 Å². The van der Waals surface area contributed by atoms with E-state index in [0.717, 1.165) is 0 Å². The third kappa shape index (κ3) is 4.72. The number of primary amides is 1. The summed E-state index contributed by atoms with van der Waals surface area (Å²) in [6.07, 6.45) is 0. The highest BCUT2D eigenvalue weighted by atomic mass is 35.5. The van der Waals surface area contributed by atoms with Crippen LogP contribution in [0.25, 0.3) is 0 Å². The molecule has 0 aliphatic heterocycles. The maximum Gasteiger partial charge on any atom is 0.243 e. The molecule has 1 aromatic rings. The van der Waals surface area contributed by atoms with Crippen molar-refractivity contribution in [2.45, 2.75) is 0 Å². The van der Waals surface area contributed by atoms with Gasteiger partial charge in [-0.2, -0.15) is 5.26 Å². The quantitative estimate of drug-likeness (QED) is 0.744. The molecular formula is C11H12ClN3O2. The van der Waals surface area contributed by atoms with Gasteiger partial charge in [-0.3, -0.25) is 4.79 Å². The number of hydrogen-bond acceptors (Lipinski definition) is 4. The van der Waals surface area contributed by atoms with Crippen molar-refractivity contribution >= 4 is 23.2 Å². The molecule has 1 amide bonds. The number of hydrogen-bond donors (Lipinski definition) is 2. The summed E-state index contributed by atoms with van der Waals surface area (Å²) in [7, 11) is 0. The third-order valence-corrected chi connectivity index (χ3v) is 2.14. The summed E-state index contributed by atoms with van der Waals surface area (Å²) < 4.78 is 4.97. The summed E-state index contributed by atoms with van der Waals surface area (Å²) in [5, 5.41) is 12.4. The number of rotatable bonds is 6. The van der Waals surface area contributed by atoms with Crippen LogP contribution in [-0.4, -0.2) is 25.7 Å². The van der Waals surface area contributed by atoms with Crippen LogP contribution in [0.2, 0.25) is 5.02 Å². The summed E-state index contributed by atoms with van der Waals surface area (Å²) in [4.78, 5) is 10.4. The number of nitriles is 1. The van der Waals surface area contributed by atoms with Crippen LogP contribution >= 0.6 is 11.6 Å². The van der Waals surface area contributed by atoms with Crippen molar-refractivity contribution in [3.63, 3.8) is 0 Å². The number of carbonyl (C=O) groups is 1. The summed E-state index contributed by atoms with van der Waals surface area (Å²) in [5.41, 5.74) is 6.05. The monoisotopic (exact) mass is 253 g/mol. The Labute approximate surface area is 104 Å². The van der Waals surface area contributed by atoms with E-state index < -0.39 is 5.91 Å². The Balaban J connectivity index is 2.43. The van der Waals surface area contributed by atoms with Crippen molar-refractivity contribution in [1.29, 1.82) is 5.26 Å². The molecule has 5 nitrogen and oxygen atoms in total. The molecule has 6 heteroatoms. The summed E-state index contributed by atoms with van der Waals surface area (Å²) >= 11 is 5.81. The molecule has 0 heterocycles. The Hall–Kier alpha value is -1.77. The van der Waals surface area contributed by atoms with Gasteiger partial charge in [-0.15, -0.1) is 0 Å². The average Bonchev–Trinajstić information content (AvgIpc) is 2.28. The molecule has 0 unspecified atom stereocenters. The van der Waals surface area contributed by atoms with Crippen LogP contribution in [0.3, 0.4) is 0 Å². The number of anilines is 1. The van der Waals surface area contributed by atoms with Gasteiger partial charge in [0.25, 0.3) is 0 Å². The first-order chi connectivity index (χ1) is 8.13. The van der Waals surface area contributed by atoms with Crippen LogP contribution in [-0.2, 0) is 9.53 Å². The Morgan fingerprint density at radius 1 is 1.59 bits per heavy atom. The first-order valence-electron chi connectivity index (χ1n) is 4.93. The van der Waals surface area contributed by atoms with Gasteiger partial charge in [0.2, 0.25) is 5.91 Å². The molecule has 0 radical (unpaired) electrons. The molecule has 17 heavy (non-hydrogen) atoms. The fourth-order valence-electron chi connectivity index (χ4n) is 1.19. The van der Waals surface area contributed by atoms with E-state index >= 15 is 0 Å². The van der Waals surface area contributed by atoms with Crippen LogP contribution in [0.1, 0.15) is 5.56 Å². The van der Waals surface area contributed by atoms with Gasteiger partial charge in [0.05, 0.1) is 17.9 Å². The fourth-order valence-corrected chi connectivity index (χ4v) is 1.36. The van der Waals surface area contributed by atoms with Crippen LogP contribution in [0.4, 0.5) is 5.69 Å². The third-order valence-electron chi connectivity index (χ3n) is 1.91. The lowest BCUT2D eigenvalue weighted by Gasteiger charge is -2.08. The number of nitrogens with two attached hydrogens (primary N) is 1. The van der Waals surface area contributed by atoms with E-state index in [1.54, 1.807) is 18.2 Å². The second kappa shape index (κ2) is 6.74. The van der Waals surface area contributed by atoms with Crippen LogP contribution < -0.4 is 11.1 Å². The zero-order valence-electron chi connectivity index (χ0n) is 9.07. The minimum atomic E-state index is -0.509. The van der Waals surface area contributed by atoms with Gasteiger partial charge in [-0.1, -0.05) is 11.6 Å². The molecule has 1 aromatic carbocycles. The van der Waals surface area contributed by atoms with E-state index in [0.29, 0.717) is 29.4 Å². The lowest BCUT2D eigenvalue weighted by atomic mass is 10.2. The van der Waals surface area contributed by atoms with Crippen LogP contribution in [0, 0.1) is 11.3 Å². The van der Waals surface area contributed by atoms with E-state index in [4.69, 9.17) is 27.3 Å². The number of carbonyl (C=O) groups excluding carboxylic acids is 1. The van der Waals surface area contributed by atoms with E-state index in [-0.39, 0.29) is 6.61 Å². The highest BCUT2D eigenvalue weighted by molar-refractivity contribution is 6.30. The first-order valence-corrected chi connectivity index (χ1v) is 5.31. The largest absolute Gasteiger partial charge is 0.382 e. The van der Waals surface area contributed by atoms with Crippen LogP contribution in [0.5, 0.6) is 0 Å². The molecule has 0 aliphatic carbocycles. The number of nitrogens with one attached hydrogen (secondary N) is 1. The predicted octanol–water partition coefficient (Wildman–Crippen LogP) is 1.13. The van der Waals surface area contributed by atoms with E-state index in [1.807, 2.05) is 6.07 Å². The van der Waals surface area contributed by atoms with E-state index in [1.165, 1.54) is 0 Å². The molecular weight excluding hydrogens is 242 g/mol. The Kier molecular flexibility index (Phi) is 5.27. The minimum absolute atomic E-state index is 0.109. The average molecular weight is 254 g/mol. The molecule has 0 bridgehead atoms. The molecule has 0 aliphatic rings. The van der Waals surface area contributed by atoms with E-state index in [2.05, 4.69) is 5.32 Å². The standard InChI is InChI=1S/C11H12ClN3O2/c12-9-2-1-8(6-13)10(5-9)15-3-4-17-7-11(14)16/h1-2,5,15H,3-4,7H2,(H2,14,16). The first kappa shape index (κ1) is 13.3. The highest BCUT2D eigenvalue weighted by Crippen LogP contribution is 2.19. The number of amides is 1. The number of nitrogens with zero attached hydrogens (tertiary/aromatic N) is 1. The normalized spacial score (nSPS) is 9.65. The highest BCUT2D eigenvalue weighted by Gasteiger charge is 2.02. The van der Waals surface area contributed by atoms with Gasteiger partial charge in [0.15, 0.2) is 0 Å². The van der Waals surface area contributed by atoms with Gasteiger partial charge in [0.1, 0.15) is 12.7 Å². The second-order valence-corrected chi connectivity index (χ2v) is 3.68. The molecule has 0 spiro atoms.